The molecule has 0 bridgehead atoms. The van der Waals surface area contributed by atoms with Crippen LogP contribution in [0.1, 0.15) is 43.8 Å². The van der Waals surface area contributed by atoms with E-state index in [1.165, 1.54) is 32.1 Å². The van der Waals surface area contributed by atoms with E-state index in [0.29, 0.717) is 12.6 Å². The predicted molar refractivity (Wildman–Crippen MR) is 54.7 cm³/mol. The zero-order valence-corrected chi connectivity index (χ0v) is 8.45. The average Bonchev–Trinajstić information content (AvgIpc) is 2.47. The average molecular weight is 191 g/mol. The maximum absolute atomic E-state index is 5.54. The SMILES string of the molecule is NCc1cn(C2CC3(CCC3)C2)cn1. The van der Waals surface area contributed by atoms with E-state index in [1.807, 2.05) is 6.33 Å². The van der Waals surface area contributed by atoms with Crippen molar-refractivity contribution in [3.05, 3.63) is 18.2 Å². The van der Waals surface area contributed by atoms with Crippen molar-refractivity contribution in [2.45, 2.75) is 44.7 Å². The fraction of sp³-hybridized carbons (Fsp3) is 0.727. The molecule has 0 amide bonds. The quantitative estimate of drug-likeness (QED) is 0.775. The van der Waals surface area contributed by atoms with E-state index in [0.717, 1.165) is 11.1 Å². The third-order valence-corrected chi connectivity index (χ3v) is 4.04. The van der Waals surface area contributed by atoms with Gasteiger partial charge in [-0.1, -0.05) is 6.42 Å². The summed E-state index contributed by atoms with van der Waals surface area (Å²) in [4.78, 5) is 4.27. The molecule has 2 aliphatic rings. The lowest BCUT2D eigenvalue weighted by molar-refractivity contribution is -0.0173. The second-order valence-electron chi connectivity index (χ2n) is 4.93. The smallest absolute Gasteiger partial charge is 0.0952 e. The van der Waals surface area contributed by atoms with Crippen LogP contribution in [0, 0.1) is 5.41 Å². The van der Waals surface area contributed by atoms with Gasteiger partial charge in [-0.3, -0.25) is 0 Å². The van der Waals surface area contributed by atoms with Crippen LogP contribution in [0.25, 0.3) is 0 Å². The van der Waals surface area contributed by atoms with Gasteiger partial charge in [-0.15, -0.1) is 0 Å². The summed E-state index contributed by atoms with van der Waals surface area (Å²) < 4.78 is 2.26. The molecule has 3 nitrogen and oxygen atoms in total. The molecule has 76 valence electrons. The number of nitrogens with two attached hydrogens (primary N) is 1. The molecule has 1 spiro atoms. The Morgan fingerprint density at radius 1 is 1.50 bits per heavy atom. The molecule has 2 fully saturated rings. The van der Waals surface area contributed by atoms with Crippen LogP contribution in [-0.4, -0.2) is 9.55 Å². The summed E-state index contributed by atoms with van der Waals surface area (Å²) >= 11 is 0. The van der Waals surface area contributed by atoms with Crippen LogP contribution < -0.4 is 5.73 Å². The van der Waals surface area contributed by atoms with Gasteiger partial charge in [0, 0.05) is 18.8 Å². The van der Waals surface area contributed by atoms with Crippen molar-refractivity contribution in [1.82, 2.24) is 9.55 Å². The lowest BCUT2D eigenvalue weighted by Gasteiger charge is -2.54. The largest absolute Gasteiger partial charge is 0.334 e. The summed E-state index contributed by atoms with van der Waals surface area (Å²) in [6.07, 6.45) is 11.2. The van der Waals surface area contributed by atoms with Crippen LogP contribution in [0.15, 0.2) is 12.5 Å². The van der Waals surface area contributed by atoms with Gasteiger partial charge >= 0.3 is 0 Å². The van der Waals surface area contributed by atoms with E-state index in [9.17, 15) is 0 Å². The lowest BCUT2D eigenvalue weighted by atomic mass is 9.54. The van der Waals surface area contributed by atoms with Crippen molar-refractivity contribution < 1.29 is 0 Å². The number of nitrogens with zero attached hydrogens (tertiary/aromatic N) is 2. The van der Waals surface area contributed by atoms with E-state index in [2.05, 4.69) is 15.7 Å². The summed E-state index contributed by atoms with van der Waals surface area (Å²) in [5, 5.41) is 0. The summed E-state index contributed by atoms with van der Waals surface area (Å²) in [6.45, 7) is 0.560. The minimum atomic E-state index is 0.560. The molecular formula is C11H17N3. The first-order valence-electron chi connectivity index (χ1n) is 5.54. The standard InChI is InChI=1S/C11H17N3/c12-6-9-7-14(8-13-9)10-4-11(5-10)2-1-3-11/h7-8,10H,1-6,12H2. The minimum Gasteiger partial charge on any atom is -0.334 e. The molecule has 0 aromatic carbocycles. The van der Waals surface area contributed by atoms with Crippen LogP contribution in [0.5, 0.6) is 0 Å². The van der Waals surface area contributed by atoms with E-state index in [-0.39, 0.29) is 0 Å². The lowest BCUT2D eigenvalue weighted by Crippen LogP contribution is -2.43. The third-order valence-electron chi connectivity index (χ3n) is 4.04. The molecule has 2 aliphatic carbocycles. The van der Waals surface area contributed by atoms with Gasteiger partial charge < -0.3 is 10.3 Å². The Morgan fingerprint density at radius 3 is 2.79 bits per heavy atom. The Kier molecular flexibility index (Phi) is 1.71. The molecule has 1 aromatic heterocycles. The summed E-state index contributed by atoms with van der Waals surface area (Å²) in [7, 11) is 0. The summed E-state index contributed by atoms with van der Waals surface area (Å²) in [5.41, 5.74) is 7.30. The molecule has 0 radical (unpaired) electrons. The monoisotopic (exact) mass is 191 g/mol. The molecule has 3 heteroatoms. The van der Waals surface area contributed by atoms with Crippen molar-refractivity contribution in [3.63, 3.8) is 0 Å². The Bertz CT molecular complexity index is 330. The van der Waals surface area contributed by atoms with Gasteiger partial charge in [0.25, 0.3) is 0 Å². The Hall–Kier alpha value is -0.830. The Morgan fingerprint density at radius 2 is 2.29 bits per heavy atom. The number of hydrogen-bond donors (Lipinski definition) is 1. The van der Waals surface area contributed by atoms with Crippen molar-refractivity contribution in [2.75, 3.05) is 0 Å². The van der Waals surface area contributed by atoms with E-state index in [4.69, 9.17) is 5.73 Å². The maximum atomic E-state index is 5.54. The van der Waals surface area contributed by atoms with Crippen LogP contribution in [-0.2, 0) is 6.54 Å². The van der Waals surface area contributed by atoms with Crippen LogP contribution >= 0.6 is 0 Å². The van der Waals surface area contributed by atoms with Crippen LogP contribution in [0.2, 0.25) is 0 Å². The van der Waals surface area contributed by atoms with Gasteiger partial charge in [-0.25, -0.2) is 4.98 Å². The number of rotatable bonds is 2. The van der Waals surface area contributed by atoms with Crippen molar-refractivity contribution in [3.8, 4) is 0 Å². The topological polar surface area (TPSA) is 43.8 Å². The Balaban J connectivity index is 1.67. The third kappa shape index (κ3) is 1.12. The van der Waals surface area contributed by atoms with Crippen molar-refractivity contribution in [1.29, 1.82) is 0 Å². The number of imidazole rings is 1. The summed E-state index contributed by atoms with van der Waals surface area (Å²) in [6, 6.07) is 0.711. The van der Waals surface area contributed by atoms with Crippen LogP contribution in [0.3, 0.4) is 0 Å². The Labute approximate surface area is 84.3 Å². The molecule has 3 rings (SSSR count). The molecule has 2 saturated carbocycles. The second kappa shape index (κ2) is 2.83. The number of aromatic nitrogens is 2. The normalized spacial score (nSPS) is 24.6. The number of hydrogen-bond acceptors (Lipinski definition) is 2. The van der Waals surface area contributed by atoms with Crippen molar-refractivity contribution >= 4 is 0 Å². The molecule has 0 saturated heterocycles. The highest BCUT2D eigenvalue weighted by atomic mass is 15.1. The molecule has 1 heterocycles. The highest BCUT2D eigenvalue weighted by Gasteiger charge is 2.48. The molecule has 0 aliphatic heterocycles. The van der Waals surface area contributed by atoms with Gasteiger partial charge in [0.05, 0.1) is 12.0 Å². The molecule has 2 N–H and O–H groups in total. The highest BCUT2D eigenvalue weighted by molar-refractivity contribution is 5.05. The second-order valence-corrected chi connectivity index (χ2v) is 4.93. The van der Waals surface area contributed by atoms with Crippen molar-refractivity contribution in [2.24, 2.45) is 11.1 Å². The molecule has 14 heavy (non-hydrogen) atoms. The molecule has 0 atom stereocenters. The van der Waals surface area contributed by atoms with Gasteiger partial charge in [-0.2, -0.15) is 0 Å². The molecule has 1 aromatic rings. The minimum absolute atomic E-state index is 0.560. The maximum Gasteiger partial charge on any atom is 0.0952 e. The van der Waals surface area contributed by atoms with Crippen LogP contribution in [0.4, 0.5) is 0 Å². The zero-order chi connectivity index (χ0) is 9.60. The first-order valence-corrected chi connectivity index (χ1v) is 5.54. The fourth-order valence-corrected chi connectivity index (χ4v) is 2.92. The fourth-order valence-electron chi connectivity index (χ4n) is 2.92. The van der Waals surface area contributed by atoms with Gasteiger partial charge in [0.2, 0.25) is 0 Å². The highest BCUT2D eigenvalue weighted by Crippen LogP contribution is 2.60. The molecule has 0 unspecified atom stereocenters. The van der Waals surface area contributed by atoms with E-state index in [1.54, 1.807) is 0 Å². The van der Waals surface area contributed by atoms with Gasteiger partial charge in [0.15, 0.2) is 0 Å². The van der Waals surface area contributed by atoms with Gasteiger partial charge in [0.1, 0.15) is 0 Å². The summed E-state index contributed by atoms with van der Waals surface area (Å²) in [5.74, 6) is 0. The first-order chi connectivity index (χ1) is 6.81. The van der Waals surface area contributed by atoms with E-state index < -0.39 is 0 Å². The molecular weight excluding hydrogens is 174 g/mol. The predicted octanol–water partition coefficient (Wildman–Crippen LogP) is 1.85. The first kappa shape index (κ1) is 8.48. The van der Waals surface area contributed by atoms with Gasteiger partial charge in [-0.05, 0) is 31.1 Å². The van der Waals surface area contributed by atoms with E-state index >= 15 is 0 Å². The zero-order valence-electron chi connectivity index (χ0n) is 8.45.